The highest BCUT2D eigenvalue weighted by atomic mass is 16.5. The van der Waals surface area contributed by atoms with Crippen molar-refractivity contribution in [3.63, 3.8) is 0 Å². The van der Waals surface area contributed by atoms with Gasteiger partial charge in [-0.25, -0.2) is 0 Å². The summed E-state index contributed by atoms with van der Waals surface area (Å²) in [5.74, 6) is 1.33. The number of benzene rings is 1. The van der Waals surface area contributed by atoms with Crippen molar-refractivity contribution in [1.82, 2.24) is 4.98 Å². The lowest BCUT2D eigenvalue weighted by Crippen LogP contribution is -1.97. The smallest absolute Gasteiger partial charge is 0.147 e. The number of aromatic nitrogens is 1. The summed E-state index contributed by atoms with van der Waals surface area (Å²) in [5.41, 5.74) is 2.47. The molecule has 0 aliphatic rings. The monoisotopic (exact) mass is 253 g/mol. The predicted octanol–water partition coefficient (Wildman–Crippen LogP) is 3.49. The standard InChI is InChI=1S/C15H15N3O/c1-3-18-13-7-14(10-17-9-13)19-15-6-12(8-16)5-4-11(15)2/h4-7,9-10,18H,3H2,1-2H3. The summed E-state index contributed by atoms with van der Waals surface area (Å²) in [6.07, 6.45) is 3.40. The molecule has 2 rings (SSSR count). The Hall–Kier alpha value is -2.54. The lowest BCUT2D eigenvalue weighted by atomic mass is 10.1. The van der Waals surface area contributed by atoms with Gasteiger partial charge in [-0.3, -0.25) is 4.98 Å². The second-order valence-electron chi connectivity index (χ2n) is 4.13. The fourth-order valence-electron chi connectivity index (χ4n) is 1.68. The zero-order chi connectivity index (χ0) is 13.7. The normalized spacial score (nSPS) is 9.74. The Labute approximate surface area is 112 Å². The number of ether oxygens (including phenoxy) is 1. The van der Waals surface area contributed by atoms with Gasteiger partial charge < -0.3 is 10.1 Å². The third kappa shape index (κ3) is 3.23. The number of anilines is 1. The second-order valence-corrected chi connectivity index (χ2v) is 4.13. The SMILES string of the molecule is CCNc1cncc(Oc2cc(C#N)ccc2C)c1. The first-order valence-electron chi connectivity index (χ1n) is 6.10. The minimum absolute atomic E-state index is 0.580. The van der Waals surface area contributed by atoms with Crippen molar-refractivity contribution < 1.29 is 4.74 Å². The molecule has 1 aromatic heterocycles. The number of hydrogen-bond acceptors (Lipinski definition) is 4. The highest BCUT2D eigenvalue weighted by Gasteiger charge is 2.04. The van der Waals surface area contributed by atoms with Gasteiger partial charge in [-0.05, 0) is 31.5 Å². The summed E-state index contributed by atoms with van der Waals surface area (Å²) < 4.78 is 5.79. The molecule has 19 heavy (non-hydrogen) atoms. The van der Waals surface area contributed by atoms with E-state index in [1.807, 2.05) is 26.0 Å². The molecule has 96 valence electrons. The Balaban J connectivity index is 2.26. The molecule has 0 spiro atoms. The highest BCUT2D eigenvalue weighted by Crippen LogP contribution is 2.26. The molecule has 1 aromatic carbocycles. The Morgan fingerprint density at radius 2 is 2.16 bits per heavy atom. The molecule has 0 saturated carbocycles. The third-order valence-electron chi connectivity index (χ3n) is 2.64. The first kappa shape index (κ1) is 12.9. The van der Waals surface area contributed by atoms with Gasteiger partial charge in [0.15, 0.2) is 0 Å². The first-order valence-corrected chi connectivity index (χ1v) is 6.10. The van der Waals surface area contributed by atoms with Crippen LogP contribution >= 0.6 is 0 Å². The van der Waals surface area contributed by atoms with Gasteiger partial charge in [0, 0.05) is 12.6 Å². The molecule has 0 atom stereocenters. The van der Waals surface area contributed by atoms with E-state index in [1.54, 1.807) is 24.5 Å². The number of rotatable bonds is 4. The molecule has 0 unspecified atom stereocenters. The number of pyridine rings is 1. The topological polar surface area (TPSA) is 57.9 Å². The van der Waals surface area contributed by atoms with Crippen molar-refractivity contribution in [2.45, 2.75) is 13.8 Å². The molecule has 0 radical (unpaired) electrons. The molecule has 1 N–H and O–H groups in total. The molecule has 2 aromatic rings. The highest BCUT2D eigenvalue weighted by molar-refractivity contribution is 5.48. The van der Waals surface area contributed by atoms with E-state index in [-0.39, 0.29) is 0 Å². The number of nitriles is 1. The maximum absolute atomic E-state index is 8.91. The minimum Gasteiger partial charge on any atom is -0.455 e. The molecule has 1 heterocycles. The van der Waals surface area contributed by atoms with Crippen LogP contribution in [0.15, 0.2) is 36.7 Å². The molecule has 0 amide bonds. The zero-order valence-corrected chi connectivity index (χ0v) is 11.0. The fraction of sp³-hybridized carbons (Fsp3) is 0.200. The molecule has 0 aliphatic heterocycles. The van der Waals surface area contributed by atoms with E-state index in [0.29, 0.717) is 17.1 Å². The second kappa shape index (κ2) is 5.87. The maximum Gasteiger partial charge on any atom is 0.147 e. The van der Waals surface area contributed by atoms with E-state index in [1.165, 1.54) is 0 Å². The molecule has 0 bridgehead atoms. The van der Waals surface area contributed by atoms with Gasteiger partial charge in [-0.1, -0.05) is 6.07 Å². The van der Waals surface area contributed by atoms with Crippen molar-refractivity contribution in [3.8, 4) is 17.6 Å². The van der Waals surface area contributed by atoms with E-state index in [0.717, 1.165) is 17.8 Å². The lowest BCUT2D eigenvalue weighted by Gasteiger charge is -2.10. The van der Waals surface area contributed by atoms with E-state index in [9.17, 15) is 0 Å². The minimum atomic E-state index is 0.580. The van der Waals surface area contributed by atoms with Crippen LogP contribution in [-0.4, -0.2) is 11.5 Å². The summed E-state index contributed by atoms with van der Waals surface area (Å²) in [4.78, 5) is 4.12. The summed E-state index contributed by atoms with van der Waals surface area (Å²) in [6.45, 7) is 4.79. The van der Waals surface area contributed by atoms with Crippen LogP contribution in [0.4, 0.5) is 5.69 Å². The molecular weight excluding hydrogens is 238 g/mol. The van der Waals surface area contributed by atoms with Gasteiger partial charge in [-0.2, -0.15) is 5.26 Å². The van der Waals surface area contributed by atoms with Crippen molar-refractivity contribution in [3.05, 3.63) is 47.8 Å². The summed E-state index contributed by atoms with van der Waals surface area (Å²) in [7, 11) is 0. The molecule has 4 heteroatoms. The van der Waals surface area contributed by atoms with Crippen molar-refractivity contribution in [1.29, 1.82) is 5.26 Å². The summed E-state index contributed by atoms with van der Waals surface area (Å²) >= 11 is 0. The fourth-order valence-corrected chi connectivity index (χ4v) is 1.68. The van der Waals surface area contributed by atoms with Crippen LogP contribution in [0, 0.1) is 18.3 Å². The van der Waals surface area contributed by atoms with Crippen LogP contribution in [0.5, 0.6) is 11.5 Å². The number of hydrogen-bond donors (Lipinski definition) is 1. The van der Waals surface area contributed by atoms with Gasteiger partial charge >= 0.3 is 0 Å². The van der Waals surface area contributed by atoms with Crippen LogP contribution in [0.1, 0.15) is 18.1 Å². The van der Waals surface area contributed by atoms with Crippen molar-refractivity contribution in [2.75, 3.05) is 11.9 Å². The maximum atomic E-state index is 8.91. The number of nitrogens with zero attached hydrogens (tertiary/aromatic N) is 2. The summed E-state index contributed by atoms with van der Waals surface area (Å²) in [6, 6.07) is 9.36. The third-order valence-corrected chi connectivity index (χ3v) is 2.64. The van der Waals surface area contributed by atoms with Crippen LogP contribution in [-0.2, 0) is 0 Å². The Bertz CT molecular complexity index is 617. The van der Waals surface area contributed by atoms with Crippen LogP contribution in [0.25, 0.3) is 0 Å². The number of aryl methyl sites for hydroxylation is 1. The number of nitrogens with one attached hydrogen (secondary N) is 1. The average molecular weight is 253 g/mol. The Kier molecular flexibility index (Phi) is 3.99. The van der Waals surface area contributed by atoms with Gasteiger partial charge in [0.1, 0.15) is 11.5 Å². The van der Waals surface area contributed by atoms with Gasteiger partial charge in [0.05, 0.1) is 29.7 Å². The predicted molar refractivity (Wildman–Crippen MR) is 74.4 cm³/mol. The van der Waals surface area contributed by atoms with E-state index >= 15 is 0 Å². The Morgan fingerprint density at radius 3 is 2.89 bits per heavy atom. The van der Waals surface area contributed by atoms with Gasteiger partial charge in [0.2, 0.25) is 0 Å². The summed E-state index contributed by atoms with van der Waals surface area (Å²) in [5, 5.41) is 12.1. The van der Waals surface area contributed by atoms with Gasteiger partial charge in [0.25, 0.3) is 0 Å². The van der Waals surface area contributed by atoms with Crippen LogP contribution in [0.2, 0.25) is 0 Å². The van der Waals surface area contributed by atoms with Crippen molar-refractivity contribution in [2.24, 2.45) is 0 Å². The van der Waals surface area contributed by atoms with Crippen LogP contribution in [0.3, 0.4) is 0 Å². The lowest BCUT2D eigenvalue weighted by molar-refractivity contribution is 0.476. The van der Waals surface area contributed by atoms with E-state index in [4.69, 9.17) is 10.00 Å². The zero-order valence-electron chi connectivity index (χ0n) is 11.0. The van der Waals surface area contributed by atoms with E-state index < -0.39 is 0 Å². The van der Waals surface area contributed by atoms with E-state index in [2.05, 4.69) is 16.4 Å². The quantitative estimate of drug-likeness (QED) is 0.906. The molecule has 0 fully saturated rings. The largest absolute Gasteiger partial charge is 0.455 e. The molecule has 4 nitrogen and oxygen atoms in total. The first-order chi connectivity index (χ1) is 9.22. The van der Waals surface area contributed by atoms with Crippen LogP contribution < -0.4 is 10.1 Å². The van der Waals surface area contributed by atoms with Crippen molar-refractivity contribution >= 4 is 5.69 Å². The average Bonchev–Trinajstić information content (AvgIpc) is 2.42. The Morgan fingerprint density at radius 1 is 1.32 bits per heavy atom. The van der Waals surface area contributed by atoms with Gasteiger partial charge in [-0.15, -0.1) is 0 Å². The molecular formula is C15H15N3O. The molecule has 0 aliphatic carbocycles. The molecule has 0 saturated heterocycles.